The highest BCUT2D eigenvalue weighted by Crippen LogP contribution is 2.23. The van der Waals surface area contributed by atoms with Crippen LogP contribution in [-0.2, 0) is 10.0 Å². The molecule has 1 aliphatic carbocycles. The van der Waals surface area contributed by atoms with Crippen molar-refractivity contribution in [3.8, 4) is 0 Å². The summed E-state index contributed by atoms with van der Waals surface area (Å²) in [6.45, 7) is 2.44. The number of carbonyl (C=O) groups excluding carboxylic acids is 1. The fourth-order valence-electron chi connectivity index (χ4n) is 2.47. The topological polar surface area (TPSA) is 66.5 Å². The van der Waals surface area contributed by atoms with E-state index < -0.39 is 10.0 Å². The van der Waals surface area contributed by atoms with Gasteiger partial charge in [-0.3, -0.25) is 4.79 Å². The van der Waals surface area contributed by atoms with E-state index >= 15 is 0 Å². The first-order valence-electron chi connectivity index (χ1n) is 8.00. The molecule has 1 saturated carbocycles. The Hall–Kier alpha value is -2.18. The molecular formula is C18H20N2O3S. The summed E-state index contributed by atoms with van der Waals surface area (Å²) in [5.41, 5.74) is 1.28. The molecule has 24 heavy (non-hydrogen) atoms. The number of nitrogens with zero attached hydrogens (tertiary/aromatic N) is 1. The molecule has 0 spiro atoms. The van der Waals surface area contributed by atoms with Crippen molar-refractivity contribution < 1.29 is 13.2 Å². The van der Waals surface area contributed by atoms with E-state index in [0.29, 0.717) is 12.1 Å². The molecule has 2 aromatic rings. The lowest BCUT2D eigenvalue weighted by molar-refractivity contribution is 0.0988. The fourth-order valence-corrected chi connectivity index (χ4v) is 3.78. The molecule has 0 radical (unpaired) electrons. The average Bonchev–Trinajstić information content (AvgIpc) is 3.40. The summed E-state index contributed by atoms with van der Waals surface area (Å²) in [7, 11) is -3.49. The van der Waals surface area contributed by atoms with E-state index in [9.17, 15) is 13.2 Å². The molecule has 6 heteroatoms. The van der Waals surface area contributed by atoms with Gasteiger partial charge in [0.1, 0.15) is 0 Å². The molecule has 1 amide bonds. The number of nitrogens with one attached hydrogen (secondary N) is 1. The van der Waals surface area contributed by atoms with Crippen LogP contribution in [0.3, 0.4) is 0 Å². The lowest BCUT2D eigenvalue weighted by atomic mass is 10.2. The van der Waals surface area contributed by atoms with Crippen molar-refractivity contribution in [3.05, 3.63) is 60.2 Å². The van der Waals surface area contributed by atoms with Crippen LogP contribution < -0.4 is 9.62 Å². The summed E-state index contributed by atoms with van der Waals surface area (Å²) in [5, 5.41) is 0. The Balaban J connectivity index is 1.80. The van der Waals surface area contributed by atoms with Crippen LogP contribution in [-0.4, -0.2) is 26.9 Å². The first-order valence-corrected chi connectivity index (χ1v) is 9.49. The first-order chi connectivity index (χ1) is 11.5. The van der Waals surface area contributed by atoms with Crippen molar-refractivity contribution in [1.29, 1.82) is 0 Å². The quantitative estimate of drug-likeness (QED) is 0.876. The molecule has 0 unspecified atom stereocenters. The maximum atomic E-state index is 12.7. The number of hydrogen-bond donors (Lipinski definition) is 1. The van der Waals surface area contributed by atoms with E-state index in [1.165, 1.54) is 12.1 Å². The normalized spacial score (nSPS) is 14.4. The summed E-state index contributed by atoms with van der Waals surface area (Å²) in [6, 6.07) is 15.6. The van der Waals surface area contributed by atoms with E-state index in [-0.39, 0.29) is 16.8 Å². The third-order valence-electron chi connectivity index (χ3n) is 3.94. The van der Waals surface area contributed by atoms with Crippen molar-refractivity contribution in [2.75, 3.05) is 11.4 Å². The number of carbonyl (C=O) groups is 1. The Morgan fingerprint density at radius 2 is 1.71 bits per heavy atom. The van der Waals surface area contributed by atoms with Crippen molar-refractivity contribution in [2.45, 2.75) is 30.7 Å². The SMILES string of the molecule is CCN(C(=O)c1ccc(S(=O)(=O)NC2CC2)cc1)c1ccccc1. The second kappa shape index (κ2) is 6.75. The Bertz CT molecular complexity index is 813. The number of rotatable bonds is 6. The number of sulfonamides is 1. The van der Waals surface area contributed by atoms with Gasteiger partial charge in [-0.15, -0.1) is 0 Å². The third kappa shape index (κ3) is 3.66. The van der Waals surface area contributed by atoms with E-state index in [2.05, 4.69) is 4.72 Å². The molecule has 0 saturated heterocycles. The van der Waals surface area contributed by atoms with E-state index in [0.717, 1.165) is 18.5 Å². The summed E-state index contributed by atoms with van der Waals surface area (Å²) in [6.07, 6.45) is 1.77. The molecule has 126 valence electrons. The lowest BCUT2D eigenvalue weighted by Crippen LogP contribution is -2.30. The Labute approximate surface area is 142 Å². The van der Waals surface area contributed by atoms with Gasteiger partial charge in [0.2, 0.25) is 10.0 Å². The van der Waals surface area contributed by atoms with Gasteiger partial charge in [-0.25, -0.2) is 13.1 Å². The van der Waals surface area contributed by atoms with Crippen molar-refractivity contribution in [3.63, 3.8) is 0 Å². The van der Waals surface area contributed by atoms with Crippen LogP contribution >= 0.6 is 0 Å². The minimum atomic E-state index is -3.49. The standard InChI is InChI=1S/C18H20N2O3S/c1-2-20(16-6-4-3-5-7-16)18(21)14-8-12-17(13-9-14)24(22,23)19-15-10-11-15/h3-9,12-13,15,19H,2,10-11H2,1H3. The molecule has 1 aliphatic rings. The molecule has 3 rings (SSSR count). The molecule has 2 aromatic carbocycles. The van der Waals surface area contributed by atoms with Crippen LogP contribution in [0, 0.1) is 0 Å². The predicted octanol–water partition coefficient (Wildman–Crippen LogP) is 2.79. The predicted molar refractivity (Wildman–Crippen MR) is 93.6 cm³/mol. The van der Waals surface area contributed by atoms with Crippen molar-refractivity contribution in [1.82, 2.24) is 4.72 Å². The third-order valence-corrected chi connectivity index (χ3v) is 5.48. The van der Waals surface area contributed by atoms with Crippen LogP contribution in [0.25, 0.3) is 0 Å². The second-order valence-corrected chi connectivity index (χ2v) is 7.52. The summed E-state index contributed by atoms with van der Waals surface area (Å²) < 4.78 is 27.0. The molecule has 0 aromatic heterocycles. The van der Waals surface area contributed by atoms with E-state index in [1.807, 2.05) is 37.3 Å². The lowest BCUT2D eigenvalue weighted by Gasteiger charge is -2.21. The highest BCUT2D eigenvalue weighted by molar-refractivity contribution is 7.89. The van der Waals surface area contributed by atoms with Gasteiger partial charge in [-0.2, -0.15) is 0 Å². The van der Waals surface area contributed by atoms with E-state index in [4.69, 9.17) is 0 Å². The number of amides is 1. The van der Waals surface area contributed by atoms with Crippen molar-refractivity contribution >= 4 is 21.6 Å². The number of anilines is 1. The van der Waals surface area contributed by atoms with Crippen LogP contribution in [0.2, 0.25) is 0 Å². The first kappa shape index (κ1) is 16.7. The fraction of sp³-hybridized carbons (Fsp3) is 0.278. The summed E-state index contributed by atoms with van der Waals surface area (Å²) >= 11 is 0. The summed E-state index contributed by atoms with van der Waals surface area (Å²) in [4.78, 5) is 14.5. The van der Waals surface area contributed by atoms with Gasteiger partial charge in [0.25, 0.3) is 5.91 Å². The molecule has 0 heterocycles. The number of benzene rings is 2. The van der Waals surface area contributed by atoms with Crippen LogP contribution in [0.1, 0.15) is 30.1 Å². The number of para-hydroxylation sites is 1. The van der Waals surface area contributed by atoms with Gasteiger partial charge >= 0.3 is 0 Å². The second-order valence-electron chi connectivity index (χ2n) is 5.80. The maximum Gasteiger partial charge on any atom is 0.258 e. The minimum Gasteiger partial charge on any atom is -0.309 e. The van der Waals surface area contributed by atoms with Crippen LogP contribution in [0.5, 0.6) is 0 Å². The molecule has 1 N–H and O–H groups in total. The summed E-state index contributed by atoms with van der Waals surface area (Å²) in [5.74, 6) is -0.150. The Morgan fingerprint density at radius 3 is 2.25 bits per heavy atom. The smallest absolute Gasteiger partial charge is 0.258 e. The molecule has 1 fully saturated rings. The van der Waals surface area contributed by atoms with Gasteiger partial charge in [0.05, 0.1) is 4.90 Å². The minimum absolute atomic E-state index is 0.0602. The maximum absolute atomic E-state index is 12.7. The molecule has 5 nitrogen and oxygen atoms in total. The number of hydrogen-bond acceptors (Lipinski definition) is 3. The van der Waals surface area contributed by atoms with Crippen LogP contribution in [0.15, 0.2) is 59.5 Å². The average molecular weight is 344 g/mol. The largest absolute Gasteiger partial charge is 0.309 e. The highest BCUT2D eigenvalue weighted by atomic mass is 32.2. The zero-order valence-corrected chi connectivity index (χ0v) is 14.3. The zero-order valence-electron chi connectivity index (χ0n) is 13.5. The Morgan fingerprint density at radius 1 is 1.08 bits per heavy atom. The van der Waals surface area contributed by atoms with Gasteiger partial charge in [-0.05, 0) is 56.2 Å². The monoisotopic (exact) mass is 344 g/mol. The highest BCUT2D eigenvalue weighted by Gasteiger charge is 2.28. The van der Waals surface area contributed by atoms with Gasteiger partial charge < -0.3 is 4.90 Å². The van der Waals surface area contributed by atoms with Gasteiger partial charge in [-0.1, -0.05) is 18.2 Å². The van der Waals surface area contributed by atoms with E-state index in [1.54, 1.807) is 17.0 Å². The van der Waals surface area contributed by atoms with Gasteiger partial charge in [0, 0.05) is 23.8 Å². The van der Waals surface area contributed by atoms with Gasteiger partial charge in [0.15, 0.2) is 0 Å². The van der Waals surface area contributed by atoms with Crippen LogP contribution in [0.4, 0.5) is 5.69 Å². The molecule has 0 atom stereocenters. The molecule has 0 aliphatic heterocycles. The molecular weight excluding hydrogens is 324 g/mol. The zero-order chi connectivity index (χ0) is 17.2. The molecule has 0 bridgehead atoms. The Kier molecular flexibility index (Phi) is 4.69. The van der Waals surface area contributed by atoms with Crippen molar-refractivity contribution in [2.24, 2.45) is 0 Å².